The highest BCUT2D eigenvalue weighted by molar-refractivity contribution is 5.69. The van der Waals surface area contributed by atoms with E-state index in [0.29, 0.717) is 13.0 Å². The number of carbonyl (C=O) groups excluding carboxylic acids is 1. The lowest BCUT2D eigenvalue weighted by Gasteiger charge is -2.15. The van der Waals surface area contributed by atoms with Crippen LogP contribution in [0, 0.1) is 0 Å². The van der Waals surface area contributed by atoms with Gasteiger partial charge in [0, 0.05) is 13.0 Å². The molecule has 1 N–H and O–H groups in total. The van der Waals surface area contributed by atoms with Gasteiger partial charge in [-0.3, -0.25) is 4.79 Å². The monoisotopic (exact) mass is 727 g/mol. The number of aliphatic hydroxyl groups is 1. The number of rotatable bonds is 41. The first kappa shape index (κ1) is 50.1. The molecule has 0 aliphatic rings. The van der Waals surface area contributed by atoms with E-state index in [9.17, 15) is 9.90 Å². The summed E-state index contributed by atoms with van der Waals surface area (Å²) < 4.78 is 11.2. The highest BCUT2D eigenvalue weighted by atomic mass is 16.6. The number of ether oxygens (including phenoxy) is 2. The minimum atomic E-state index is -0.546. The highest BCUT2D eigenvalue weighted by Gasteiger charge is 2.13. The van der Waals surface area contributed by atoms with Crippen molar-refractivity contribution in [2.24, 2.45) is 0 Å². The van der Waals surface area contributed by atoms with Crippen LogP contribution in [-0.4, -0.2) is 37.0 Å². The summed E-state index contributed by atoms with van der Waals surface area (Å²) in [6.07, 6.45) is 59.9. The summed E-state index contributed by atoms with van der Waals surface area (Å²) in [7, 11) is 0. The molecule has 0 aliphatic heterocycles. The van der Waals surface area contributed by atoms with Gasteiger partial charge in [-0.05, 0) is 83.5 Å². The molecule has 0 radical (unpaired) electrons. The fraction of sp³-hybridized carbons (Fsp3) is 0.771. The van der Waals surface area contributed by atoms with Crippen molar-refractivity contribution in [3.8, 4) is 0 Å². The van der Waals surface area contributed by atoms with Gasteiger partial charge in [0.2, 0.25) is 0 Å². The van der Waals surface area contributed by atoms with E-state index in [4.69, 9.17) is 9.47 Å². The SMILES string of the molecule is CCCCCC/C=C\C/C=C\CCCCCCCCCC(=O)OC(CO)COCCCCCCCCC/C=C\C/C=C\C/C=C\CCCCCCC. The molecule has 0 spiro atoms. The first-order chi connectivity index (χ1) is 25.7. The Kier molecular flexibility index (Phi) is 43.6. The smallest absolute Gasteiger partial charge is 0.306 e. The third-order valence-corrected chi connectivity index (χ3v) is 9.57. The molecule has 0 rings (SSSR count). The third kappa shape index (κ3) is 42.5. The predicted octanol–water partition coefficient (Wildman–Crippen LogP) is 14.8. The Hall–Kier alpha value is -1.91. The Morgan fingerprint density at radius 1 is 0.462 bits per heavy atom. The van der Waals surface area contributed by atoms with Crippen LogP contribution in [-0.2, 0) is 14.3 Å². The van der Waals surface area contributed by atoms with Gasteiger partial charge in [-0.1, -0.05) is 184 Å². The van der Waals surface area contributed by atoms with Crippen LogP contribution in [0.25, 0.3) is 0 Å². The zero-order chi connectivity index (χ0) is 37.7. The minimum absolute atomic E-state index is 0.181. The van der Waals surface area contributed by atoms with Crippen molar-refractivity contribution >= 4 is 5.97 Å². The number of esters is 1. The van der Waals surface area contributed by atoms with Gasteiger partial charge in [-0.2, -0.15) is 0 Å². The Morgan fingerprint density at radius 2 is 0.808 bits per heavy atom. The van der Waals surface area contributed by atoms with Crippen LogP contribution in [0.4, 0.5) is 0 Å². The van der Waals surface area contributed by atoms with Crippen LogP contribution < -0.4 is 0 Å². The van der Waals surface area contributed by atoms with Gasteiger partial charge >= 0.3 is 5.97 Å². The number of allylic oxidation sites excluding steroid dienone is 10. The highest BCUT2D eigenvalue weighted by Crippen LogP contribution is 2.13. The van der Waals surface area contributed by atoms with Gasteiger partial charge in [-0.25, -0.2) is 0 Å². The molecular weight excluding hydrogens is 641 g/mol. The molecule has 0 saturated heterocycles. The van der Waals surface area contributed by atoms with Crippen LogP contribution in [0.1, 0.15) is 213 Å². The molecule has 0 saturated carbocycles. The van der Waals surface area contributed by atoms with Gasteiger partial charge in [0.25, 0.3) is 0 Å². The molecule has 0 fully saturated rings. The second-order valence-electron chi connectivity index (χ2n) is 14.8. The summed E-state index contributed by atoms with van der Waals surface area (Å²) in [6, 6.07) is 0. The molecule has 4 heteroatoms. The van der Waals surface area contributed by atoms with Gasteiger partial charge in [-0.15, -0.1) is 0 Å². The van der Waals surface area contributed by atoms with Crippen molar-refractivity contribution in [1.29, 1.82) is 0 Å². The van der Waals surface area contributed by atoms with Gasteiger partial charge in [0.1, 0.15) is 6.10 Å². The predicted molar refractivity (Wildman–Crippen MR) is 228 cm³/mol. The third-order valence-electron chi connectivity index (χ3n) is 9.57. The van der Waals surface area contributed by atoms with Crippen LogP contribution in [0.5, 0.6) is 0 Å². The maximum absolute atomic E-state index is 12.2. The zero-order valence-electron chi connectivity index (χ0n) is 34.6. The largest absolute Gasteiger partial charge is 0.457 e. The summed E-state index contributed by atoms with van der Waals surface area (Å²) in [6.45, 7) is 5.29. The molecule has 1 unspecified atom stereocenters. The van der Waals surface area contributed by atoms with Crippen molar-refractivity contribution in [3.63, 3.8) is 0 Å². The molecule has 302 valence electrons. The van der Waals surface area contributed by atoms with Crippen molar-refractivity contribution in [2.45, 2.75) is 219 Å². The number of unbranched alkanes of at least 4 members (excludes halogenated alkanes) is 23. The maximum Gasteiger partial charge on any atom is 0.306 e. The average molecular weight is 727 g/mol. The van der Waals surface area contributed by atoms with E-state index in [1.807, 2.05) is 0 Å². The molecule has 0 aromatic heterocycles. The zero-order valence-corrected chi connectivity index (χ0v) is 34.6. The topological polar surface area (TPSA) is 55.8 Å². The van der Waals surface area contributed by atoms with Gasteiger partial charge < -0.3 is 14.6 Å². The minimum Gasteiger partial charge on any atom is -0.457 e. The Labute approximate surface area is 324 Å². The molecule has 1 atom stereocenters. The lowest BCUT2D eigenvalue weighted by Crippen LogP contribution is -2.27. The first-order valence-corrected chi connectivity index (χ1v) is 22.4. The van der Waals surface area contributed by atoms with E-state index in [2.05, 4.69) is 74.6 Å². The molecule has 0 aromatic carbocycles. The summed E-state index contributed by atoms with van der Waals surface area (Å²) in [5, 5.41) is 9.61. The first-order valence-electron chi connectivity index (χ1n) is 22.4. The molecule has 52 heavy (non-hydrogen) atoms. The Bertz CT molecular complexity index is 854. The molecule has 0 aromatic rings. The van der Waals surface area contributed by atoms with E-state index in [1.165, 1.54) is 148 Å². The lowest BCUT2D eigenvalue weighted by molar-refractivity contribution is -0.154. The van der Waals surface area contributed by atoms with E-state index in [0.717, 1.165) is 44.9 Å². The van der Waals surface area contributed by atoms with E-state index >= 15 is 0 Å². The summed E-state index contributed by atoms with van der Waals surface area (Å²) >= 11 is 0. The quantitative estimate of drug-likeness (QED) is 0.0387. The van der Waals surface area contributed by atoms with Crippen molar-refractivity contribution in [1.82, 2.24) is 0 Å². The van der Waals surface area contributed by atoms with E-state index in [-0.39, 0.29) is 19.2 Å². The van der Waals surface area contributed by atoms with Crippen LogP contribution in [0.3, 0.4) is 0 Å². The number of carbonyl (C=O) groups is 1. The van der Waals surface area contributed by atoms with Crippen LogP contribution >= 0.6 is 0 Å². The molecule has 0 bridgehead atoms. The van der Waals surface area contributed by atoms with Crippen molar-refractivity contribution in [2.75, 3.05) is 19.8 Å². The Balaban J connectivity index is 3.48. The summed E-state index contributed by atoms with van der Waals surface area (Å²) in [5.41, 5.74) is 0. The van der Waals surface area contributed by atoms with Gasteiger partial charge in [0.15, 0.2) is 0 Å². The average Bonchev–Trinajstić information content (AvgIpc) is 3.15. The van der Waals surface area contributed by atoms with E-state index in [1.54, 1.807) is 0 Å². The molecule has 4 nitrogen and oxygen atoms in total. The Morgan fingerprint density at radius 3 is 1.23 bits per heavy atom. The van der Waals surface area contributed by atoms with Crippen molar-refractivity contribution in [3.05, 3.63) is 60.8 Å². The standard InChI is InChI=1S/C48H86O4/c1-3-5-7-9-11-13-15-17-19-21-23-24-25-26-28-30-32-34-36-38-40-42-44-51-46-47(45-49)52-48(50)43-41-39-37-35-33-31-29-27-22-20-18-16-14-12-10-8-6-4-2/h14-17,20-23,25-26,47,49H,3-13,18-19,24,27-46H2,1-2H3/b16-14-,17-15-,22-20-,23-21-,26-25-. The molecule has 0 aliphatic carbocycles. The lowest BCUT2D eigenvalue weighted by atomic mass is 10.1. The maximum atomic E-state index is 12.2. The van der Waals surface area contributed by atoms with E-state index < -0.39 is 6.10 Å². The normalized spacial score (nSPS) is 12.9. The second-order valence-corrected chi connectivity index (χ2v) is 14.8. The summed E-state index contributed by atoms with van der Waals surface area (Å²) in [5.74, 6) is -0.213. The fourth-order valence-electron chi connectivity index (χ4n) is 6.19. The molecular formula is C48H86O4. The molecule has 0 heterocycles. The number of hydrogen-bond acceptors (Lipinski definition) is 4. The number of hydrogen-bond donors (Lipinski definition) is 1. The number of aliphatic hydroxyl groups excluding tert-OH is 1. The molecule has 0 amide bonds. The van der Waals surface area contributed by atoms with Crippen LogP contribution in [0.2, 0.25) is 0 Å². The fourth-order valence-corrected chi connectivity index (χ4v) is 6.19. The van der Waals surface area contributed by atoms with Crippen molar-refractivity contribution < 1.29 is 19.4 Å². The summed E-state index contributed by atoms with van der Waals surface area (Å²) in [4.78, 5) is 12.2. The second kappa shape index (κ2) is 45.2. The van der Waals surface area contributed by atoms with Crippen LogP contribution in [0.15, 0.2) is 60.8 Å². The van der Waals surface area contributed by atoms with Gasteiger partial charge in [0.05, 0.1) is 13.2 Å².